The number of aryl methyl sites for hydroxylation is 3. The van der Waals surface area contributed by atoms with Crippen molar-refractivity contribution in [2.24, 2.45) is 7.05 Å². The number of anilines is 2. The van der Waals surface area contributed by atoms with Gasteiger partial charge in [-0.1, -0.05) is 12.1 Å². The van der Waals surface area contributed by atoms with Crippen LogP contribution in [0, 0.1) is 20.8 Å². The van der Waals surface area contributed by atoms with Gasteiger partial charge in [0, 0.05) is 12.7 Å². The number of amides is 1. The smallest absolute Gasteiger partial charge is 0.243 e. The zero-order chi connectivity index (χ0) is 17.0. The first-order valence-electron chi connectivity index (χ1n) is 7.28. The molecule has 6 nitrogen and oxygen atoms in total. The summed E-state index contributed by atoms with van der Waals surface area (Å²) in [5.74, 6) is -0.169. The van der Waals surface area contributed by atoms with Gasteiger partial charge in [-0.3, -0.25) is 9.48 Å². The van der Waals surface area contributed by atoms with E-state index in [0.29, 0.717) is 5.11 Å². The minimum absolute atomic E-state index is 0.0887. The van der Waals surface area contributed by atoms with E-state index in [4.69, 9.17) is 12.2 Å². The summed E-state index contributed by atoms with van der Waals surface area (Å²) in [5, 5.41) is 13.5. The van der Waals surface area contributed by atoms with Crippen molar-refractivity contribution in [3.8, 4) is 0 Å². The van der Waals surface area contributed by atoms with Crippen LogP contribution in [0.25, 0.3) is 0 Å². The summed E-state index contributed by atoms with van der Waals surface area (Å²) >= 11 is 5.20. The maximum Gasteiger partial charge on any atom is 0.243 e. The van der Waals surface area contributed by atoms with Gasteiger partial charge in [0.1, 0.15) is 0 Å². The first-order valence-corrected chi connectivity index (χ1v) is 7.69. The second-order valence-electron chi connectivity index (χ2n) is 5.39. The Hall–Kier alpha value is -2.41. The van der Waals surface area contributed by atoms with Crippen LogP contribution >= 0.6 is 12.2 Å². The van der Waals surface area contributed by atoms with Crippen molar-refractivity contribution in [1.29, 1.82) is 0 Å². The van der Waals surface area contributed by atoms with Crippen LogP contribution < -0.4 is 16.0 Å². The number of carbonyl (C=O) groups is 1. The molecule has 122 valence electrons. The minimum Gasteiger partial charge on any atom is -0.353 e. The lowest BCUT2D eigenvalue weighted by atomic mass is 10.2. The van der Waals surface area contributed by atoms with E-state index in [0.717, 1.165) is 28.3 Å². The normalized spacial score (nSPS) is 10.3. The van der Waals surface area contributed by atoms with Gasteiger partial charge in [0.05, 0.1) is 23.6 Å². The molecule has 0 bridgehead atoms. The van der Waals surface area contributed by atoms with Crippen LogP contribution in [-0.2, 0) is 11.8 Å². The third-order valence-electron chi connectivity index (χ3n) is 3.46. The number of nitrogens with one attached hydrogen (secondary N) is 3. The Balaban J connectivity index is 1.85. The SMILES string of the molecule is Cc1cccc(NC(=S)NCC(=O)Nc2c(C)nn(C)c2C)c1. The van der Waals surface area contributed by atoms with E-state index >= 15 is 0 Å². The molecule has 2 rings (SSSR count). The Bertz CT molecular complexity index is 738. The van der Waals surface area contributed by atoms with E-state index in [9.17, 15) is 4.79 Å². The largest absolute Gasteiger partial charge is 0.353 e. The number of benzene rings is 1. The monoisotopic (exact) mass is 331 g/mol. The Morgan fingerprint density at radius 1 is 1.26 bits per heavy atom. The van der Waals surface area contributed by atoms with E-state index in [1.54, 1.807) is 4.68 Å². The fraction of sp³-hybridized carbons (Fsp3) is 0.312. The van der Waals surface area contributed by atoms with Gasteiger partial charge in [0.15, 0.2) is 5.11 Å². The highest BCUT2D eigenvalue weighted by Crippen LogP contribution is 2.17. The van der Waals surface area contributed by atoms with E-state index in [1.165, 1.54) is 0 Å². The average Bonchev–Trinajstić information content (AvgIpc) is 2.72. The number of carbonyl (C=O) groups excluding carboxylic acids is 1. The van der Waals surface area contributed by atoms with Gasteiger partial charge in [-0.15, -0.1) is 0 Å². The number of thiocarbonyl (C=S) groups is 1. The Kier molecular flexibility index (Phi) is 5.33. The molecule has 1 heterocycles. The van der Waals surface area contributed by atoms with Crippen molar-refractivity contribution < 1.29 is 4.79 Å². The Morgan fingerprint density at radius 2 is 2.00 bits per heavy atom. The standard InChI is InChI=1S/C16H21N5OS/c1-10-6-5-7-13(8-10)18-16(23)17-9-14(22)19-15-11(2)20-21(4)12(15)3/h5-8H,9H2,1-4H3,(H,19,22)(H2,17,18,23). The second kappa shape index (κ2) is 7.23. The van der Waals surface area contributed by atoms with Gasteiger partial charge in [0.2, 0.25) is 5.91 Å². The highest BCUT2D eigenvalue weighted by atomic mass is 32.1. The molecule has 0 spiro atoms. The fourth-order valence-corrected chi connectivity index (χ4v) is 2.39. The van der Waals surface area contributed by atoms with Crippen LogP contribution in [0.4, 0.5) is 11.4 Å². The third kappa shape index (κ3) is 4.53. The van der Waals surface area contributed by atoms with Crippen molar-refractivity contribution in [2.75, 3.05) is 17.2 Å². The lowest BCUT2D eigenvalue weighted by Crippen LogP contribution is -2.35. The molecule has 1 aromatic heterocycles. The summed E-state index contributed by atoms with van der Waals surface area (Å²) in [6.07, 6.45) is 0. The van der Waals surface area contributed by atoms with Gasteiger partial charge in [-0.2, -0.15) is 5.10 Å². The van der Waals surface area contributed by atoms with Crippen molar-refractivity contribution in [3.63, 3.8) is 0 Å². The second-order valence-corrected chi connectivity index (χ2v) is 5.80. The van der Waals surface area contributed by atoms with Crippen molar-refractivity contribution >= 4 is 34.6 Å². The highest BCUT2D eigenvalue weighted by molar-refractivity contribution is 7.80. The molecule has 0 atom stereocenters. The molecule has 0 aliphatic carbocycles. The number of nitrogens with zero attached hydrogens (tertiary/aromatic N) is 2. The molecule has 0 aliphatic heterocycles. The highest BCUT2D eigenvalue weighted by Gasteiger charge is 2.12. The molecule has 0 radical (unpaired) electrons. The molecular formula is C16H21N5OS. The van der Waals surface area contributed by atoms with Gasteiger partial charge in [-0.25, -0.2) is 0 Å². The summed E-state index contributed by atoms with van der Waals surface area (Å²) in [6.45, 7) is 5.87. The van der Waals surface area contributed by atoms with Crippen molar-refractivity contribution in [3.05, 3.63) is 41.2 Å². The molecule has 0 unspecified atom stereocenters. The van der Waals surface area contributed by atoms with E-state index in [-0.39, 0.29) is 12.5 Å². The first-order chi connectivity index (χ1) is 10.9. The zero-order valence-electron chi connectivity index (χ0n) is 13.7. The summed E-state index contributed by atoms with van der Waals surface area (Å²) in [6, 6.07) is 7.86. The maximum absolute atomic E-state index is 12.0. The van der Waals surface area contributed by atoms with Gasteiger partial charge >= 0.3 is 0 Å². The molecular weight excluding hydrogens is 310 g/mol. The third-order valence-corrected chi connectivity index (χ3v) is 3.71. The quantitative estimate of drug-likeness (QED) is 0.750. The summed E-state index contributed by atoms with van der Waals surface area (Å²) in [7, 11) is 1.84. The minimum atomic E-state index is -0.169. The number of aromatic nitrogens is 2. The molecule has 2 aromatic rings. The Morgan fingerprint density at radius 3 is 2.61 bits per heavy atom. The van der Waals surface area contributed by atoms with Crippen LogP contribution in [0.1, 0.15) is 17.0 Å². The molecule has 0 saturated carbocycles. The van der Waals surface area contributed by atoms with Gasteiger partial charge in [0.25, 0.3) is 0 Å². The number of hydrogen-bond acceptors (Lipinski definition) is 3. The van der Waals surface area contributed by atoms with Gasteiger partial charge < -0.3 is 16.0 Å². The van der Waals surface area contributed by atoms with Crippen molar-refractivity contribution in [2.45, 2.75) is 20.8 Å². The predicted molar refractivity (Wildman–Crippen MR) is 96.7 cm³/mol. The summed E-state index contributed by atoms with van der Waals surface area (Å²) in [5.41, 5.74) is 4.48. The lowest BCUT2D eigenvalue weighted by molar-refractivity contribution is -0.115. The number of rotatable bonds is 4. The topological polar surface area (TPSA) is 71.0 Å². The average molecular weight is 331 g/mol. The van der Waals surface area contributed by atoms with Crippen LogP contribution in [0.5, 0.6) is 0 Å². The molecule has 0 aliphatic rings. The predicted octanol–water partition coefficient (Wildman–Crippen LogP) is 2.27. The van der Waals surface area contributed by atoms with Crippen LogP contribution in [-0.4, -0.2) is 27.3 Å². The maximum atomic E-state index is 12.0. The summed E-state index contributed by atoms with van der Waals surface area (Å²) in [4.78, 5) is 12.0. The summed E-state index contributed by atoms with van der Waals surface area (Å²) < 4.78 is 1.74. The number of hydrogen-bond donors (Lipinski definition) is 3. The molecule has 1 amide bonds. The van der Waals surface area contributed by atoms with Crippen LogP contribution in [0.15, 0.2) is 24.3 Å². The first kappa shape index (κ1) is 17.0. The zero-order valence-corrected chi connectivity index (χ0v) is 14.5. The molecule has 23 heavy (non-hydrogen) atoms. The lowest BCUT2D eigenvalue weighted by Gasteiger charge is -2.11. The van der Waals surface area contributed by atoms with Gasteiger partial charge in [-0.05, 0) is 50.7 Å². The van der Waals surface area contributed by atoms with E-state index in [2.05, 4.69) is 21.0 Å². The molecule has 7 heteroatoms. The van der Waals surface area contributed by atoms with Crippen LogP contribution in [0.2, 0.25) is 0 Å². The van der Waals surface area contributed by atoms with Crippen molar-refractivity contribution in [1.82, 2.24) is 15.1 Å². The molecule has 1 aromatic carbocycles. The Labute approximate surface area is 141 Å². The molecule has 3 N–H and O–H groups in total. The molecule has 0 fully saturated rings. The van der Waals surface area contributed by atoms with Crippen LogP contribution in [0.3, 0.4) is 0 Å². The van der Waals surface area contributed by atoms with E-state index < -0.39 is 0 Å². The fourth-order valence-electron chi connectivity index (χ4n) is 2.20. The van der Waals surface area contributed by atoms with E-state index in [1.807, 2.05) is 52.1 Å². The molecule has 0 saturated heterocycles.